The Morgan fingerprint density at radius 3 is 2.56 bits per heavy atom. The molecule has 2 aliphatic heterocycles. The molecule has 2 rings (SSSR count). The van der Waals surface area contributed by atoms with Crippen molar-refractivity contribution >= 4 is 38.3 Å². The Morgan fingerprint density at radius 1 is 1.25 bits per heavy atom. The molecule has 0 N–H and O–H groups in total. The van der Waals surface area contributed by atoms with Crippen molar-refractivity contribution in [3.05, 3.63) is 0 Å². The van der Waals surface area contributed by atoms with Gasteiger partial charge >= 0.3 is 7.71 Å². The molecule has 3 nitrogen and oxygen atoms in total. The van der Waals surface area contributed by atoms with Gasteiger partial charge in [-0.1, -0.05) is 13.8 Å². The van der Waals surface area contributed by atoms with Crippen LogP contribution < -0.4 is 0 Å². The predicted octanol–water partition coefficient (Wildman–Crippen LogP) is 2.51. The van der Waals surface area contributed by atoms with Gasteiger partial charge in [0.05, 0.1) is 0 Å². The first-order valence-corrected chi connectivity index (χ1v) is 13.3. The molecule has 0 aliphatic carbocycles. The monoisotopic (exact) mass is 296 g/mol. The summed E-state index contributed by atoms with van der Waals surface area (Å²) in [6, 6.07) is 2.30. The van der Waals surface area contributed by atoms with Crippen LogP contribution in [-0.4, -0.2) is 34.5 Å². The molecule has 0 radical (unpaired) electrons. The van der Waals surface area contributed by atoms with Crippen molar-refractivity contribution in [1.29, 1.82) is 0 Å². The first kappa shape index (κ1) is 13.4. The van der Waals surface area contributed by atoms with E-state index < -0.39 is 15.9 Å². The van der Waals surface area contributed by atoms with Gasteiger partial charge in [0.2, 0.25) is 0 Å². The van der Waals surface area contributed by atoms with Crippen LogP contribution in [0.2, 0.25) is 12.1 Å². The summed E-state index contributed by atoms with van der Waals surface area (Å²) in [5.41, 5.74) is 0. The zero-order chi connectivity index (χ0) is 11.6. The maximum atomic E-state index is 5.76. The van der Waals surface area contributed by atoms with E-state index in [2.05, 4.69) is 13.8 Å². The molecule has 0 aromatic carbocycles. The van der Waals surface area contributed by atoms with Crippen LogP contribution in [0, 0.1) is 11.8 Å². The Balaban J connectivity index is 1.79. The minimum atomic E-state index is -2.04. The van der Waals surface area contributed by atoms with Crippen molar-refractivity contribution < 1.29 is 13.6 Å². The van der Waals surface area contributed by atoms with E-state index in [9.17, 15) is 0 Å². The van der Waals surface area contributed by atoms with Crippen LogP contribution in [0.5, 0.6) is 0 Å². The number of rotatable bonds is 4. The first-order chi connectivity index (χ1) is 7.63. The van der Waals surface area contributed by atoms with E-state index >= 15 is 0 Å². The molecule has 2 heterocycles. The Labute approximate surface area is 108 Å². The normalized spacial score (nSPS) is 44.1. The number of hydrogen-bond donors (Lipinski definition) is 0. The van der Waals surface area contributed by atoms with E-state index in [-0.39, 0.29) is 0 Å². The van der Waals surface area contributed by atoms with Gasteiger partial charge in [-0.05, 0) is 29.4 Å². The number of hydrogen-bond acceptors (Lipinski definition) is 5. The van der Waals surface area contributed by atoms with Gasteiger partial charge in [0, 0.05) is 13.2 Å². The molecule has 0 amide bonds. The van der Waals surface area contributed by atoms with Gasteiger partial charge in [-0.3, -0.25) is 4.58 Å². The molecule has 2 saturated heterocycles. The Kier molecular flexibility index (Phi) is 4.85. The van der Waals surface area contributed by atoms with Crippen LogP contribution in [0.3, 0.4) is 0 Å². The lowest BCUT2D eigenvalue weighted by atomic mass is 10.3. The molecule has 94 valence electrons. The summed E-state index contributed by atoms with van der Waals surface area (Å²) < 4.78 is 17.1. The third-order valence-corrected chi connectivity index (χ3v) is 14.6. The van der Waals surface area contributed by atoms with E-state index in [1.165, 1.54) is 11.8 Å². The Morgan fingerprint density at radius 2 is 2.06 bits per heavy atom. The van der Waals surface area contributed by atoms with Gasteiger partial charge in [-0.25, -0.2) is 4.58 Å². The average molecular weight is 297 g/mol. The summed E-state index contributed by atoms with van der Waals surface area (Å²) in [7, 11) is -1.41. The lowest BCUT2D eigenvalue weighted by Gasteiger charge is -2.23. The molecule has 0 bridgehead atoms. The van der Waals surface area contributed by atoms with Crippen LogP contribution in [-0.2, 0) is 13.6 Å². The highest BCUT2D eigenvalue weighted by Crippen LogP contribution is 2.41. The summed E-state index contributed by atoms with van der Waals surface area (Å²) in [5, 5.41) is 0. The SMILES string of the molecule is CO[Si]1(OO[SiH]2CC(C)CS2)CC(C)CS1. The fourth-order valence-electron chi connectivity index (χ4n) is 1.98. The molecular formula is C9H20O3S2Si2. The maximum Gasteiger partial charge on any atom is 0.437 e. The van der Waals surface area contributed by atoms with Gasteiger partial charge in [-0.2, -0.15) is 11.2 Å². The summed E-state index contributed by atoms with van der Waals surface area (Å²) in [5.74, 6) is 3.91. The van der Waals surface area contributed by atoms with E-state index in [0.29, 0.717) is 5.92 Å². The van der Waals surface area contributed by atoms with Crippen molar-refractivity contribution in [2.24, 2.45) is 11.8 Å². The zero-order valence-corrected chi connectivity index (χ0v) is 13.9. The molecule has 4 atom stereocenters. The molecular weight excluding hydrogens is 276 g/mol. The highest BCUT2D eigenvalue weighted by molar-refractivity contribution is 8.27. The van der Waals surface area contributed by atoms with Gasteiger partial charge < -0.3 is 4.43 Å². The molecule has 2 fully saturated rings. The van der Waals surface area contributed by atoms with E-state index in [4.69, 9.17) is 13.6 Å². The molecule has 0 aromatic rings. The fraction of sp³-hybridized carbons (Fsp3) is 1.00. The quantitative estimate of drug-likeness (QED) is 0.451. The smallest absolute Gasteiger partial charge is 0.389 e. The van der Waals surface area contributed by atoms with Crippen molar-refractivity contribution in [3.63, 3.8) is 0 Å². The molecule has 16 heavy (non-hydrogen) atoms. The molecule has 0 spiro atoms. The minimum absolute atomic E-state index is 0.706. The lowest BCUT2D eigenvalue weighted by molar-refractivity contribution is -0.128. The van der Waals surface area contributed by atoms with Crippen molar-refractivity contribution in [3.8, 4) is 0 Å². The van der Waals surface area contributed by atoms with Gasteiger partial charge in [0.25, 0.3) is 8.19 Å². The van der Waals surface area contributed by atoms with Crippen LogP contribution in [0.1, 0.15) is 13.8 Å². The molecule has 4 unspecified atom stereocenters. The minimum Gasteiger partial charge on any atom is -0.389 e. The summed E-state index contributed by atoms with van der Waals surface area (Å²) in [6.45, 7) is 4.55. The van der Waals surface area contributed by atoms with E-state index in [1.807, 2.05) is 22.4 Å². The second-order valence-electron chi connectivity index (χ2n) is 4.79. The van der Waals surface area contributed by atoms with Crippen molar-refractivity contribution in [2.75, 3.05) is 18.6 Å². The molecule has 0 saturated carbocycles. The van der Waals surface area contributed by atoms with Gasteiger partial charge in [0.1, 0.15) is 0 Å². The summed E-state index contributed by atoms with van der Waals surface area (Å²) >= 11 is 3.86. The van der Waals surface area contributed by atoms with Gasteiger partial charge in [0.15, 0.2) is 0 Å². The second kappa shape index (κ2) is 5.77. The average Bonchev–Trinajstić information content (AvgIpc) is 2.83. The third-order valence-electron chi connectivity index (χ3n) is 2.94. The Hall–Kier alpha value is 1.01. The van der Waals surface area contributed by atoms with Crippen LogP contribution in [0.25, 0.3) is 0 Å². The third kappa shape index (κ3) is 3.27. The summed E-state index contributed by atoms with van der Waals surface area (Å²) in [6.07, 6.45) is 0. The molecule has 0 aromatic heterocycles. The largest absolute Gasteiger partial charge is 0.437 e. The molecule has 7 heteroatoms. The standard InChI is InChI=1S/C9H20O3S2Si2/c1-8-4-13-15(6-8)11-12-16(10-3)7-9(2)5-14-16/h8-9,15H,4-7H2,1-3H3. The van der Waals surface area contributed by atoms with E-state index in [0.717, 1.165) is 17.7 Å². The maximum absolute atomic E-state index is 5.76. The zero-order valence-electron chi connectivity index (χ0n) is 10.1. The molecule has 2 aliphatic rings. The highest BCUT2D eigenvalue weighted by Gasteiger charge is 2.47. The lowest BCUT2D eigenvalue weighted by Crippen LogP contribution is -2.37. The fourth-order valence-corrected chi connectivity index (χ4v) is 14.7. The first-order valence-electron chi connectivity index (χ1n) is 5.79. The van der Waals surface area contributed by atoms with Crippen LogP contribution in [0.15, 0.2) is 0 Å². The van der Waals surface area contributed by atoms with Crippen LogP contribution in [0.4, 0.5) is 0 Å². The van der Waals surface area contributed by atoms with Crippen LogP contribution >= 0.6 is 22.4 Å². The second-order valence-corrected chi connectivity index (χ2v) is 15.3. The summed E-state index contributed by atoms with van der Waals surface area (Å²) in [4.78, 5) is 0. The van der Waals surface area contributed by atoms with E-state index in [1.54, 1.807) is 7.11 Å². The van der Waals surface area contributed by atoms with Crippen molar-refractivity contribution in [1.82, 2.24) is 0 Å². The Bertz CT molecular complexity index is 247. The van der Waals surface area contributed by atoms with Gasteiger partial charge in [-0.15, -0.1) is 11.2 Å². The highest BCUT2D eigenvalue weighted by atomic mass is 32.4. The van der Waals surface area contributed by atoms with Crippen molar-refractivity contribution in [2.45, 2.75) is 25.9 Å². The predicted molar refractivity (Wildman–Crippen MR) is 74.9 cm³/mol. The topological polar surface area (TPSA) is 27.7 Å².